The van der Waals surface area contributed by atoms with Gasteiger partial charge in [0, 0.05) is 6.07 Å². The van der Waals surface area contributed by atoms with E-state index in [-0.39, 0.29) is 11.5 Å². The normalized spacial score (nSPS) is 11.2. The molecule has 0 spiro atoms. The fraction of sp³-hybridized carbons (Fsp3) is 0.421. The topological polar surface area (TPSA) is 46.5 Å². The van der Waals surface area contributed by atoms with Crippen LogP contribution in [0.1, 0.15) is 56.5 Å². The van der Waals surface area contributed by atoms with Gasteiger partial charge in [0.1, 0.15) is 11.5 Å². The number of allylic oxidation sites excluding steroid dienone is 4. The van der Waals surface area contributed by atoms with E-state index in [1.807, 2.05) is 0 Å². The highest BCUT2D eigenvalue weighted by atomic mass is 16.5. The molecule has 0 saturated carbocycles. The summed E-state index contributed by atoms with van der Waals surface area (Å²) in [6.07, 6.45) is 6.96. The monoisotopic (exact) mass is 302 g/mol. The van der Waals surface area contributed by atoms with Gasteiger partial charge >= 0.3 is 0 Å². The van der Waals surface area contributed by atoms with Gasteiger partial charge < -0.3 is 9.84 Å². The van der Waals surface area contributed by atoms with Crippen molar-refractivity contribution < 1.29 is 14.6 Å². The Bertz CT molecular complexity index is 591. The highest BCUT2D eigenvalue weighted by Crippen LogP contribution is 2.29. The standard InChI is InChI=1S/C19H26O3/c1-13(2)7-6-8-14(3)9-10-16-11-17(21)12-18(22-5)19(16)15(4)20/h7,9,11-12,21H,6,8,10H2,1-5H3. The Hall–Kier alpha value is -2.03. The molecule has 1 aromatic carbocycles. The molecule has 0 fully saturated rings. The summed E-state index contributed by atoms with van der Waals surface area (Å²) in [5, 5.41) is 9.78. The van der Waals surface area contributed by atoms with Gasteiger partial charge in [-0.05, 0) is 58.6 Å². The van der Waals surface area contributed by atoms with Crippen LogP contribution in [0.15, 0.2) is 35.4 Å². The number of phenols is 1. The zero-order chi connectivity index (χ0) is 16.7. The minimum absolute atomic E-state index is 0.0533. The number of carbonyl (C=O) groups excluding carboxylic acids is 1. The van der Waals surface area contributed by atoms with Crippen molar-refractivity contribution in [2.45, 2.75) is 47.0 Å². The first-order valence-corrected chi connectivity index (χ1v) is 7.55. The van der Waals surface area contributed by atoms with Gasteiger partial charge in [0.2, 0.25) is 0 Å². The molecule has 0 unspecified atom stereocenters. The summed E-state index contributed by atoms with van der Waals surface area (Å²) in [5.41, 5.74) is 3.94. The molecule has 0 bridgehead atoms. The first-order chi connectivity index (χ1) is 10.3. The van der Waals surface area contributed by atoms with Gasteiger partial charge in [0.05, 0.1) is 12.7 Å². The highest BCUT2D eigenvalue weighted by molar-refractivity contribution is 5.98. The van der Waals surface area contributed by atoms with E-state index in [0.29, 0.717) is 17.7 Å². The van der Waals surface area contributed by atoms with Crippen LogP contribution in [-0.2, 0) is 6.42 Å². The lowest BCUT2D eigenvalue weighted by Crippen LogP contribution is -2.03. The van der Waals surface area contributed by atoms with Gasteiger partial charge in [0.15, 0.2) is 5.78 Å². The van der Waals surface area contributed by atoms with E-state index in [2.05, 4.69) is 32.9 Å². The van der Waals surface area contributed by atoms with E-state index in [1.165, 1.54) is 31.2 Å². The molecule has 0 heterocycles. The largest absolute Gasteiger partial charge is 0.508 e. The number of methoxy groups -OCH3 is 1. The quantitative estimate of drug-likeness (QED) is 0.579. The van der Waals surface area contributed by atoms with Crippen LogP contribution in [0.2, 0.25) is 0 Å². The Balaban J connectivity index is 2.95. The Morgan fingerprint density at radius 3 is 2.41 bits per heavy atom. The minimum Gasteiger partial charge on any atom is -0.508 e. The first-order valence-electron chi connectivity index (χ1n) is 7.55. The lowest BCUT2D eigenvalue weighted by atomic mass is 9.98. The molecule has 0 aliphatic heterocycles. The summed E-state index contributed by atoms with van der Waals surface area (Å²) in [4.78, 5) is 11.9. The number of ether oxygens (including phenoxy) is 1. The molecular weight excluding hydrogens is 276 g/mol. The third-order valence-corrected chi connectivity index (χ3v) is 3.50. The Morgan fingerprint density at radius 2 is 1.86 bits per heavy atom. The number of hydrogen-bond donors (Lipinski definition) is 1. The lowest BCUT2D eigenvalue weighted by molar-refractivity contribution is 0.101. The van der Waals surface area contributed by atoms with Crippen molar-refractivity contribution in [1.29, 1.82) is 0 Å². The van der Waals surface area contributed by atoms with Crippen molar-refractivity contribution >= 4 is 5.78 Å². The molecule has 1 N–H and O–H groups in total. The maximum Gasteiger partial charge on any atom is 0.163 e. The molecule has 0 aliphatic carbocycles. The van der Waals surface area contributed by atoms with E-state index in [1.54, 1.807) is 6.07 Å². The Labute approximate surface area is 133 Å². The second-order valence-corrected chi connectivity index (χ2v) is 5.81. The SMILES string of the molecule is COc1cc(O)cc(CC=C(C)CCC=C(C)C)c1C(C)=O. The molecule has 0 saturated heterocycles. The summed E-state index contributed by atoms with van der Waals surface area (Å²) in [7, 11) is 1.51. The fourth-order valence-electron chi connectivity index (χ4n) is 2.35. The molecule has 120 valence electrons. The third-order valence-electron chi connectivity index (χ3n) is 3.50. The van der Waals surface area contributed by atoms with Gasteiger partial charge in [-0.25, -0.2) is 0 Å². The van der Waals surface area contributed by atoms with Crippen molar-refractivity contribution in [1.82, 2.24) is 0 Å². The van der Waals surface area contributed by atoms with E-state index in [0.717, 1.165) is 18.4 Å². The van der Waals surface area contributed by atoms with E-state index in [4.69, 9.17) is 4.74 Å². The van der Waals surface area contributed by atoms with Crippen LogP contribution < -0.4 is 4.74 Å². The zero-order valence-electron chi connectivity index (χ0n) is 14.2. The number of carbonyl (C=O) groups is 1. The van der Waals surface area contributed by atoms with Crippen LogP contribution in [0.25, 0.3) is 0 Å². The summed E-state index contributed by atoms with van der Waals surface area (Å²) in [6, 6.07) is 3.12. The second-order valence-electron chi connectivity index (χ2n) is 5.81. The number of phenolic OH excluding ortho intramolecular Hbond substituents is 1. The first kappa shape index (κ1) is 18.0. The maximum absolute atomic E-state index is 11.9. The van der Waals surface area contributed by atoms with Gasteiger partial charge in [-0.1, -0.05) is 23.3 Å². The van der Waals surface area contributed by atoms with Crippen LogP contribution in [0.5, 0.6) is 11.5 Å². The molecule has 0 amide bonds. The van der Waals surface area contributed by atoms with E-state index in [9.17, 15) is 9.90 Å². The Kier molecular flexibility index (Phi) is 6.90. The molecule has 1 rings (SSSR count). The average Bonchev–Trinajstić information content (AvgIpc) is 2.43. The van der Waals surface area contributed by atoms with Crippen LogP contribution >= 0.6 is 0 Å². The third kappa shape index (κ3) is 5.40. The number of rotatable bonds is 7. The molecule has 1 aromatic rings. The van der Waals surface area contributed by atoms with E-state index < -0.39 is 0 Å². The van der Waals surface area contributed by atoms with E-state index >= 15 is 0 Å². The summed E-state index contributed by atoms with van der Waals surface area (Å²) >= 11 is 0. The van der Waals surface area contributed by atoms with Gasteiger partial charge in [-0.2, -0.15) is 0 Å². The molecule has 3 heteroatoms. The van der Waals surface area contributed by atoms with Crippen molar-refractivity contribution in [2.75, 3.05) is 7.11 Å². The number of aromatic hydroxyl groups is 1. The number of benzene rings is 1. The van der Waals surface area contributed by atoms with Crippen LogP contribution in [-0.4, -0.2) is 18.0 Å². The Morgan fingerprint density at radius 1 is 1.18 bits per heavy atom. The van der Waals surface area contributed by atoms with Crippen molar-refractivity contribution in [3.63, 3.8) is 0 Å². The number of Topliss-reactive ketones (excluding diaryl/α,β-unsaturated/α-hetero) is 1. The average molecular weight is 302 g/mol. The highest BCUT2D eigenvalue weighted by Gasteiger charge is 2.14. The number of hydrogen-bond acceptors (Lipinski definition) is 3. The molecule has 0 aromatic heterocycles. The molecule has 0 atom stereocenters. The van der Waals surface area contributed by atoms with Gasteiger partial charge in [0.25, 0.3) is 0 Å². The predicted octanol–water partition coefficient (Wildman–Crippen LogP) is 4.84. The summed E-state index contributed by atoms with van der Waals surface area (Å²) in [6.45, 7) is 7.80. The lowest BCUT2D eigenvalue weighted by Gasteiger charge is -2.12. The molecule has 22 heavy (non-hydrogen) atoms. The molecule has 0 radical (unpaired) electrons. The molecule has 3 nitrogen and oxygen atoms in total. The van der Waals surface area contributed by atoms with Crippen LogP contribution in [0.4, 0.5) is 0 Å². The van der Waals surface area contributed by atoms with Crippen molar-refractivity contribution in [3.8, 4) is 11.5 Å². The minimum atomic E-state index is -0.0533. The predicted molar refractivity (Wildman–Crippen MR) is 90.8 cm³/mol. The van der Waals surface area contributed by atoms with Crippen LogP contribution in [0, 0.1) is 0 Å². The fourth-order valence-corrected chi connectivity index (χ4v) is 2.35. The smallest absolute Gasteiger partial charge is 0.163 e. The second kappa shape index (κ2) is 8.42. The molecule has 0 aliphatic rings. The van der Waals surface area contributed by atoms with Crippen molar-refractivity contribution in [2.24, 2.45) is 0 Å². The number of ketones is 1. The van der Waals surface area contributed by atoms with Crippen LogP contribution in [0.3, 0.4) is 0 Å². The van der Waals surface area contributed by atoms with Crippen molar-refractivity contribution in [3.05, 3.63) is 46.6 Å². The zero-order valence-corrected chi connectivity index (χ0v) is 14.2. The summed E-state index contributed by atoms with van der Waals surface area (Å²) in [5.74, 6) is 0.494. The summed E-state index contributed by atoms with van der Waals surface area (Å²) < 4.78 is 5.22. The van der Waals surface area contributed by atoms with Gasteiger partial charge in [-0.3, -0.25) is 4.79 Å². The molecular formula is C19H26O3. The van der Waals surface area contributed by atoms with Gasteiger partial charge in [-0.15, -0.1) is 0 Å². The maximum atomic E-state index is 11.9.